The summed E-state index contributed by atoms with van der Waals surface area (Å²) in [6.45, 7) is 3.05. The van der Waals surface area contributed by atoms with Crippen LogP contribution in [0.1, 0.15) is 29.5 Å². The molecule has 0 saturated heterocycles. The van der Waals surface area contributed by atoms with E-state index in [9.17, 15) is 4.79 Å². The SMILES string of the molecule is CCOC(=O)c1n[nH]c2c1NCCC2. The second kappa shape index (κ2) is 3.69. The molecule has 76 valence electrons. The van der Waals surface area contributed by atoms with E-state index in [0.717, 1.165) is 30.8 Å². The van der Waals surface area contributed by atoms with Crippen LogP contribution in [0.5, 0.6) is 0 Å². The largest absolute Gasteiger partial charge is 0.461 e. The fourth-order valence-electron chi connectivity index (χ4n) is 1.58. The molecular weight excluding hydrogens is 182 g/mol. The molecule has 1 aliphatic heterocycles. The van der Waals surface area contributed by atoms with Gasteiger partial charge in [0.2, 0.25) is 0 Å². The van der Waals surface area contributed by atoms with Crippen LogP contribution in [0, 0.1) is 0 Å². The van der Waals surface area contributed by atoms with Crippen molar-refractivity contribution in [3.63, 3.8) is 0 Å². The molecule has 0 amide bonds. The van der Waals surface area contributed by atoms with E-state index in [2.05, 4.69) is 15.5 Å². The number of rotatable bonds is 2. The normalized spacial score (nSPS) is 14.4. The van der Waals surface area contributed by atoms with Gasteiger partial charge in [-0.2, -0.15) is 5.10 Å². The van der Waals surface area contributed by atoms with Gasteiger partial charge in [-0.3, -0.25) is 5.10 Å². The molecule has 2 N–H and O–H groups in total. The van der Waals surface area contributed by atoms with Gasteiger partial charge in [-0.05, 0) is 19.8 Å². The summed E-state index contributed by atoms with van der Waals surface area (Å²) >= 11 is 0. The van der Waals surface area contributed by atoms with Gasteiger partial charge in [-0.25, -0.2) is 4.79 Å². The van der Waals surface area contributed by atoms with Crippen molar-refractivity contribution in [1.29, 1.82) is 0 Å². The molecule has 0 unspecified atom stereocenters. The molecule has 0 atom stereocenters. The quantitative estimate of drug-likeness (QED) is 0.689. The fourth-order valence-corrected chi connectivity index (χ4v) is 1.58. The molecular formula is C9H13N3O2. The van der Waals surface area contributed by atoms with Crippen molar-refractivity contribution in [2.24, 2.45) is 0 Å². The highest BCUT2D eigenvalue weighted by Crippen LogP contribution is 2.23. The molecule has 0 aromatic carbocycles. The number of carbonyl (C=O) groups is 1. The Labute approximate surface area is 81.8 Å². The van der Waals surface area contributed by atoms with Gasteiger partial charge < -0.3 is 10.1 Å². The standard InChI is InChI=1S/C9H13N3O2/c1-2-14-9(13)8-7-6(11-12-8)4-3-5-10-7/h10H,2-5H2,1H3,(H,11,12). The van der Waals surface area contributed by atoms with E-state index in [1.807, 2.05) is 0 Å². The van der Waals surface area contributed by atoms with Gasteiger partial charge in [-0.1, -0.05) is 0 Å². The maximum absolute atomic E-state index is 11.4. The van der Waals surface area contributed by atoms with Gasteiger partial charge in [0, 0.05) is 6.54 Å². The average molecular weight is 195 g/mol. The van der Waals surface area contributed by atoms with E-state index in [4.69, 9.17) is 4.74 Å². The second-order valence-electron chi connectivity index (χ2n) is 3.18. The van der Waals surface area contributed by atoms with Crippen LogP contribution in [-0.4, -0.2) is 29.3 Å². The van der Waals surface area contributed by atoms with Crippen LogP contribution < -0.4 is 5.32 Å². The van der Waals surface area contributed by atoms with Gasteiger partial charge in [0.15, 0.2) is 5.69 Å². The minimum absolute atomic E-state index is 0.362. The maximum atomic E-state index is 11.4. The summed E-state index contributed by atoms with van der Waals surface area (Å²) < 4.78 is 4.89. The highest BCUT2D eigenvalue weighted by Gasteiger charge is 2.22. The fraction of sp³-hybridized carbons (Fsp3) is 0.556. The zero-order valence-electron chi connectivity index (χ0n) is 8.09. The Morgan fingerprint density at radius 3 is 3.29 bits per heavy atom. The van der Waals surface area contributed by atoms with Crippen LogP contribution >= 0.6 is 0 Å². The van der Waals surface area contributed by atoms with Gasteiger partial charge in [0.25, 0.3) is 0 Å². The summed E-state index contributed by atoms with van der Waals surface area (Å²) in [6.07, 6.45) is 2.01. The number of hydrogen-bond donors (Lipinski definition) is 2. The Morgan fingerprint density at radius 2 is 2.50 bits per heavy atom. The molecule has 1 aromatic heterocycles. The first-order chi connectivity index (χ1) is 6.83. The van der Waals surface area contributed by atoms with Crippen molar-refractivity contribution in [2.75, 3.05) is 18.5 Å². The number of anilines is 1. The maximum Gasteiger partial charge on any atom is 0.361 e. The molecule has 5 heteroatoms. The first kappa shape index (κ1) is 9.05. The van der Waals surface area contributed by atoms with Crippen LogP contribution in [0.2, 0.25) is 0 Å². The monoisotopic (exact) mass is 195 g/mol. The Bertz CT molecular complexity index is 346. The minimum atomic E-state index is -0.362. The van der Waals surface area contributed by atoms with Crippen molar-refractivity contribution in [3.05, 3.63) is 11.4 Å². The number of hydrogen-bond acceptors (Lipinski definition) is 4. The molecule has 0 spiro atoms. The average Bonchev–Trinajstić information content (AvgIpc) is 2.61. The molecule has 14 heavy (non-hydrogen) atoms. The molecule has 2 heterocycles. The lowest BCUT2D eigenvalue weighted by Crippen LogP contribution is -2.14. The van der Waals surface area contributed by atoms with Crippen LogP contribution in [-0.2, 0) is 11.2 Å². The third-order valence-electron chi connectivity index (χ3n) is 2.22. The number of esters is 1. The van der Waals surface area contributed by atoms with Crippen molar-refractivity contribution in [2.45, 2.75) is 19.8 Å². The first-order valence-electron chi connectivity index (χ1n) is 4.81. The van der Waals surface area contributed by atoms with E-state index in [1.54, 1.807) is 6.92 Å². The van der Waals surface area contributed by atoms with Crippen LogP contribution in [0.15, 0.2) is 0 Å². The third kappa shape index (κ3) is 1.45. The number of nitrogens with one attached hydrogen (secondary N) is 2. The van der Waals surface area contributed by atoms with Crippen LogP contribution in [0.25, 0.3) is 0 Å². The number of fused-ring (bicyclic) bond motifs is 1. The Kier molecular flexibility index (Phi) is 2.39. The first-order valence-corrected chi connectivity index (χ1v) is 4.81. The molecule has 5 nitrogen and oxygen atoms in total. The van der Waals surface area contributed by atoms with Crippen LogP contribution in [0.4, 0.5) is 5.69 Å². The van der Waals surface area contributed by atoms with E-state index >= 15 is 0 Å². The zero-order valence-corrected chi connectivity index (χ0v) is 8.09. The molecule has 0 saturated carbocycles. The smallest absolute Gasteiger partial charge is 0.361 e. The summed E-state index contributed by atoms with van der Waals surface area (Å²) in [5.41, 5.74) is 2.19. The van der Waals surface area contributed by atoms with Gasteiger partial charge in [0.1, 0.15) is 0 Å². The van der Waals surface area contributed by atoms with Crippen molar-refractivity contribution in [1.82, 2.24) is 10.2 Å². The highest BCUT2D eigenvalue weighted by atomic mass is 16.5. The van der Waals surface area contributed by atoms with E-state index < -0.39 is 0 Å². The highest BCUT2D eigenvalue weighted by molar-refractivity contribution is 5.94. The lowest BCUT2D eigenvalue weighted by molar-refractivity contribution is 0.0520. The number of aryl methyl sites for hydroxylation is 1. The lowest BCUT2D eigenvalue weighted by Gasteiger charge is -2.13. The predicted octanol–water partition coefficient (Wildman–Crippen LogP) is 0.945. The minimum Gasteiger partial charge on any atom is -0.461 e. The molecule has 2 rings (SSSR count). The molecule has 1 aromatic rings. The van der Waals surface area contributed by atoms with Crippen molar-refractivity contribution < 1.29 is 9.53 Å². The van der Waals surface area contributed by atoms with E-state index in [-0.39, 0.29) is 5.97 Å². The number of H-pyrrole nitrogens is 1. The summed E-state index contributed by atoms with van der Waals surface area (Å²) in [5, 5.41) is 9.96. The van der Waals surface area contributed by atoms with Gasteiger partial charge >= 0.3 is 5.97 Å². The summed E-state index contributed by atoms with van der Waals surface area (Å²) in [6, 6.07) is 0. The number of aromatic amines is 1. The lowest BCUT2D eigenvalue weighted by atomic mass is 10.1. The van der Waals surface area contributed by atoms with Crippen molar-refractivity contribution >= 4 is 11.7 Å². The Morgan fingerprint density at radius 1 is 1.64 bits per heavy atom. The summed E-state index contributed by atoms with van der Waals surface area (Å²) in [7, 11) is 0. The van der Waals surface area contributed by atoms with Gasteiger partial charge in [-0.15, -0.1) is 0 Å². The van der Waals surface area contributed by atoms with Crippen molar-refractivity contribution in [3.8, 4) is 0 Å². The number of nitrogens with zero attached hydrogens (tertiary/aromatic N) is 1. The molecule has 0 aliphatic carbocycles. The second-order valence-corrected chi connectivity index (χ2v) is 3.18. The third-order valence-corrected chi connectivity index (χ3v) is 2.22. The molecule has 0 bridgehead atoms. The summed E-state index contributed by atoms with van der Waals surface area (Å²) in [5.74, 6) is -0.362. The molecule has 0 fully saturated rings. The predicted molar refractivity (Wildman–Crippen MR) is 51.4 cm³/mol. The zero-order chi connectivity index (χ0) is 9.97. The Balaban J connectivity index is 2.25. The molecule has 0 radical (unpaired) electrons. The Hall–Kier alpha value is -1.52. The number of ether oxygens (including phenoxy) is 1. The van der Waals surface area contributed by atoms with E-state index in [1.165, 1.54) is 0 Å². The number of carbonyl (C=O) groups excluding carboxylic acids is 1. The van der Waals surface area contributed by atoms with Crippen LogP contribution in [0.3, 0.4) is 0 Å². The molecule has 1 aliphatic rings. The summed E-state index contributed by atoms with van der Waals surface area (Å²) in [4.78, 5) is 11.4. The van der Waals surface area contributed by atoms with Gasteiger partial charge in [0.05, 0.1) is 18.0 Å². The number of aromatic nitrogens is 2. The van der Waals surface area contributed by atoms with E-state index in [0.29, 0.717) is 12.3 Å². The topological polar surface area (TPSA) is 67.0 Å².